The predicted octanol–water partition coefficient (Wildman–Crippen LogP) is 19.5. The predicted molar refractivity (Wildman–Crippen MR) is 244 cm³/mol. The van der Waals surface area contributed by atoms with E-state index in [1.54, 1.807) is 0 Å². The van der Waals surface area contributed by atoms with Crippen LogP contribution >= 0.6 is 0 Å². The van der Waals surface area contributed by atoms with E-state index >= 15 is 0 Å². The number of carbonyl (C=O) groups is 1. The molecule has 0 saturated carbocycles. The van der Waals surface area contributed by atoms with Crippen LogP contribution in [-0.4, -0.2) is 11.1 Å². The van der Waals surface area contributed by atoms with Crippen molar-refractivity contribution in [1.29, 1.82) is 0 Å². The lowest BCUT2D eigenvalue weighted by Crippen LogP contribution is -2.13. The maximum Gasteiger partial charge on any atom is 0.306 e. The molecule has 0 aliphatic heterocycles. The van der Waals surface area contributed by atoms with E-state index in [9.17, 15) is 9.90 Å². The van der Waals surface area contributed by atoms with E-state index in [0.717, 1.165) is 25.7 Å². The maximum absolute atomic E-state index is 11.8. The van der Waals surface area contributed by atoms with E-state index in [4.69, 9.17) is 0 Å². The number of hydrogen-bond acceptors (Lipinski definition) is 1. The monoisotopic (exact) mass is 761 g/mol. The summed E-state index contributed by atoms with van der Waals surface area (Å²) in [6.07, 6.45) is 66.5. The van der Waals surface area contributed by atoms with Crippen LogP contribution in [0.4, 0.5) is 0 Å². The van der Waals surface area contributed by atoms with Crippen LogP contribution in [0, 0.1) is 5.92 Å². The Bertz CT molecular complexity index is 673. The molecule has 0 saturated heterocycles. The van der Waals surface area contributed by atoms with Gasteiger partial charge in [0.05, 0.1) is 5.92 Å². The molecule has 1 unspecified atom stereocenters. The molecule has 0 aromatic carbocycles. The maximum atomic E-state index is 11.8. The quantitative estimate of drug-likeness (QED) is 0.0627. The van der Waals surface area contributed by atoms with Crippen LogP contribution in [0.1, 0.15) is 322 Å². The molecule has 54 heavy (non-hydrogen) atoms. The third kappa shape index (κ3) is 45.9. The van der Waals surface area contributed by atoms with Crippen LogP contribution in [0.2, 0.25) is 0 Å². The average molecular weight is 761 g/mol. The molecule has 0 fully saturated rings. The summed E-state index contributed by atoms with van der Waals surface area (Å²) in [6.45, 7) is 4.60. The highest BCUT2D eigenvalue weighted by Gasteiger charge is 2.16. The van der Waals surface area contributed by atoms with Gasteiger partial charge in [-0.2, -0.15) is 0 Å². The highest BCUT2D eigenvalue weighted by atomic mass is 16.4. The summed E-state index contributed by atoms with van der Waals surface area (Å²) in [5, 5.41) is 9.73. The first-order chi connectivity index (χ1) is 26.7. The van der Waals surface area contributed by atoms with Crippen molar-refractivity contribution in [1.82, 2.24) is 0 Å². The molecule has 0 spiro atoms. The Hall–Kier alpha value is -0.530. The zero-order valence-corrected chi connectivity index (χ0v) is 37.9. The van der Waals surface area contributed by atoms with Crippen molar-refractivity contribution < 1.29 is 9.90 Å². The zero-order chi connectivity index (χ0) is 39.1. The zero-order valence-electron chi connectivity index (χ0n) is 37.9. The fraction of sp³-hybridized carbons (Fsp3) is 0.981. The Kier molecular flexibility index (Phi) is 48.1. The van der Waals surface area contributed by atoms with Crippen molar-refractivity contribution in [3.05, 3.63) is 0 Å². The topological polar surface area (TPSA) is 37.3 Å². The lowest BCUT2D eigenvalue weighted by Gasteiger charge is -2.12. The molecule has 0 aliphatic carbocycles. The molecule has 0 aromatic heterocycles. The molecule has 0 aromatic rings. The van der Waals surface area contributed by atoms with E-state index in [1.165, 1.54) is 283 Å². The van der Waals surface area contributed by atoms with Crippen LogP contribution in [0.3, 0.4) is 0 Å². The second-order valence-electron chi connectivity index (χ2n) is 18.2. The Balaban J connectivity index is 3.32. The molecule has 0 amide bonds. The lowest BCUT2D eigenvalue weighted by molar-refractivity contribution is -0.142. The summed E-state index contributed by atoms with van der Waals surface area (Å²) >= 11 is 0. The van der Waals surface area contributed by atoms with Gasteiger partial charge in [-0.1, -0.05) is 309 Å². The van der Waals surface area contributed by atoms with Gasteiger partial charge in [0.25, 0.3) is 0 Å². The van der Waals surface area contributed by atoms with E-state index in [0.29, 0.717) is 0 Å². The first kappa shape index (κ1) is 53.5. The second-order valence-corrected chi connectivity index (χ2v) is 18.2. The molecule has 0 bridgehead atoms. The Labute approximate surface area is 342 Å². The van der Waals surface area contributed by atoms with Crippen molar-refractivity contribution in [2.75, 3.05) is 0 Å². The first-order valence-electron chi connectivity index (χ1n) is 25.9. The van der Waals surface area contributed by atoms with Gasteiger partial charge in [-0.05, 0) is 12.8 Å². The van der Waals surface area contributed by atoms with E-state index in [1.807, 2.05) is 0 Å². The van der Waals surface area contributed by atoms with Crippen LogP contribution in [0.25, 0.3) is 0 Å². The summed E-state index contributed by atoms with van der Waals surface area (Å²) in [6, 6.07) is 0. The number of carboxylic acid groups (broad SMARTS) is 1. The second kappa shape index (κ2) is 48.6. The first-order valence-corrected chi connectivity index (χ1v) is 25.9. The standard InChI is InChI=1S/C52H104O2/c1-3-5-7-9-11-13-15-17-19-21-23-25-27-28-30-32-34-36-38-40-42-44-46-48-50-51(52(53)54)49-47-45-43-41-39-37-35-33-31-29-26-24-22-20-18-16-14-12-10-8-6-4-2/h51H,3-50H2,1-2H3,(H,53,54). The molecular formula is C52H104O2. The summed E-state index contributed by atoms with van der Waals surface area (Å²) in [5.74, 6) is -0.651. The SMILES string of the molecule is CCCCCCCCCCCCCCCCCCCCCCCCCCC(CCCCCCCCCCCCCCCCCCCCCCCC)C(=O)O. The minimum atomic E-state index is -0.549. The van der Waals surface area contributed by atoms with Crippen molar-refractivity contribution >= 4 is 5.97 Å². The van der Waals surface area contributed by atoms with Crippen LogP contribution < -0.4 is 0 Å². The van der Waals surface area contributed by atoms with Gasteiger partial charge in [0.15, 0.2) is 0 Å². The highest BCUT2D eigenvalue weighted by molar-refractivity contribution is 5.69. The molecule has 2 nitrogen and oxygen atoms in total. The molecular weight excluding hydrogens is 657 g/mol. The lowest BCUT2D eigenvalue weighted by atomic mass is 9.94. The minimum Gasteiger partial charge on any atom is -0.481 e. The number of rotatable bonds is 49. The van der Waals surface area contributed by atoms with Gasteiger partial charge in [-0.15, -0.1) is 0 Å². The van der Waals surface area contributed by atoms with Crippen LogP contribution in [0.5, 0.6) is 0 Å². The van der Waals surface area contributed by atoms with Gasteiger partial charge in [-0.3, -0.25) is 4.79 Å². The van der Waals surface area contributed by atoms with Gasteiger partial charge < -0.3 is 5.11 Å². The Morgan fingerprint density at radius 3 is 0.519 bits per heavy atom. The number of hydrogen-bond donors (Lipinski definition) is 1. The molecule has 2 heteroatoms. The Morgan fingerprint density at radius 2 is 0.389 bits per heavy atom. The molecule has 1 N–H and O–H groups in total. The normalized spacial score (nSPS) is 12.2. The largest absolute Gasteiger partial charge is 0.481 e. The number of carboxylic acids is 1. The summed E-state index contributed by atoms with van der Waals surface area (Å²) < 4.78 is 0. The smallest absolute Gasteiger partial charge is 0.306 e. The van der Waals surface area contributed by atoms with E-state index in [2.05, 4.69) is 13.8 Å². The Morgan fingerprint density at radius 1 is 0.259 bits per heavy atom. The highest BCUT2D eigenvalue weighted by Crippen LogP contribution is 2.21. The minimum absolute atomic E-state index is 0.102. The van der Waals surface area contributed by atoms with Crippen LogP contribution in [0.15, 0.2) is 0 Å². The number of aliphatic carboxylic acids is 1. The van der Waals surface area contributed by atoms with Gasteiger partial charge >= 0.3 is 5.97 Å². The van der Waals surface area contributed by atoms with E-state index in [-0.39, 0.29) is 5.92 Å². The third-order valence-corrected chi connectivity index (χ3v) is 12.7. The molecule has 0 radical (unpaired) electrons. The van der Waals surface area contributed by atoms with Crippen LogP contribution in [-0.2, 0) is 4.79 Å². The molecule has 0 aliphatic rings. The van der Waals surface area contributed by atoms with Gasteiger partial charge in [0.2, 0.25) is 0 Å². The van der Waals surface area contributed by atoms with E-state index < -0.39 is 5.97 Å². The van der Waals surface area contributed by atoms with Crippen molar-refractivity contribution in [2.24, 2.45) is 5.92 Å². The van der Waals surface area contributed by atoms with Gasteiger partial charge in [0, 0.05) is 0 Å². The fourth-order valence-electron chi connectivity index (χ4n) is 8.74. The third-order valence-electron chi connectivity index (χ3n) is 12.7. The van der Waals surface area contributed by atoms with Crippen molar-refractivity contribution in [2.45, 2.75) is 322 Å². The summed E-state index contributed by atoms with van der Waals surface area (Å²) in [4.78, 5) is 11.8. The molecule has 0 rings (SSSR count). The van der Waals surface area contributed by atoms with Gasteiger partial charge in [0.1, 0.15) is 0 Å². The van der Waals surface area contributed by atoms with Gasteiger partial charge in [-0.25, -0.2) is 0 Å². The molecule has 1 atom stereocenters. The molecule has 324 valence electrons. The summed E-state index contributed by atoms with van der Waals surface area (Å²) in [7, 11) is 0. The average Bonchev–Trinajstić information content (AvgIpc) is 3.17. The number of unbranched alkanes of at least 4 members (excludes halogenated alkanes) is 44. The van der Waals surface area contributed by atoms with Crippen molar-refractivity contribution in [3.8, 4) is 0 Å². The fourth-order valence-corrected chi connectivity index (χ4v) is 8.74. The summed E-state index contributed by atoms with van der Waals surface area (Å²) in [5.41, 5.74) is 0. The van der Waals surface area contributed by atoms with Crippen molar-refractivity contribution in [3.63, 3.8) is 0 Å². The molecule has 0 heterocycles.